The summed E-state index contributed by atoms with van der Waals surface area (Å²) in [5, 5.41) is 1.16. The van der Waals surface area contributed by atoms with E-state index >= 15 is 0 Å². The molecular formula is C25H32ClNO. The van der Waals surface area contributed by atoms with E-state index in [-0.39, 0.29) is 21.7 Å². The summed E-state index contributed by atoms with van der Waals surface area (Å²) in [6.45, 7) is 11.3. The number of aryl methyl sites for hydroxylation is 1. The van der Waals surface area contributed by atoms with Crippen LogP contribution < -0.4 is 0 Å². The number of benzene rings is 1. The quantitative estimate of drug-likeness (QED) is 0.387. The molecule has 0 N–H and O–H groups in total. The zero-order valence-corrected chi connectivity index (χ0v) is 18.6. The molecular weight excluding hydrogens is 366 g/mol. The van der Waals surface area contributed by atoms with E-state index in [2.05, 4.69) is 32.7 Å². The lowest BCUT2D eigenvalue weighted by Gasteiger charge is -2.44. The van der Waals surface area contributed by atoms with Crippen LogP contribution >= 0.6 is 11.6 Å². The first-order valence-corrected chi connectivity index (χ1v) is 10.3. The number of pyridine rings is 1. The third-order valence-electron chi connectivity index (χ3n) is 6.02. The molecule has 1 aliphatic rings. The highest BCUT2D eigenvalue weighted by atomic mass is 35.5. The van der Waals surface area contributed by atoms with Crippen LogP contribution in [0.15, 0.2) is 16.7 Å². The number of hydrogen-bond acceptors (Lipinski definition) is 2. The lowest BCUT2D eigenvalue weighted by atomic mass is 9.60. The molecule has 2 heterocycles. The van der Waals surface area contributed by atoms with Crippen LogP contribution in [0.2, 0.25) is 5.15 Å². The molecule has 4 rings (SSSR count). The average Bonchev–Trinajstić information content (AvgIpc) is 3.02. The summed E-state index contributed by atoms with van der Waals surface area (Å²) < 4.78 is 50.7. The van der Waals surface area contributed by atoms with Crippen LogP contribution in [0.5, 0.6) is 0 Å². The minimum atomic E-state index is -2.56. The first-order valence-electron chi connectivity index (χ1n) is 12.4. The van der Waals surface area contributed by atoms with Crippen molar-refractivity contribution < 1.29 is 11.3 Å². The Morgan fingerprint density at radius 1 is 1.14 bits per heavy atom. The molecule has 2 aromatic heterocycles. The fraction of sp³-hybridized carbons (Fsp3) is 0.560. The molecule has 3 aromatic rings. The summed E-state index contributed by atoms with van der Waals surface area (Å²) >= 11 is 6.39. The topological polar surface area (TPSA) is 26.0 Å². The summed E-state index contributed by atoms with van der Waals surface area (Å²) in [6.07, 6.45) is 1.31. The second kappa shape index (κ2) is 5.98. The highest BCUT2D eigenvalue weighted by molar-refractivity contribution is 6.34. The van der Waals surface area contributed by atoms with Gasteiger partial charge in [-0.15, -0.1) is 0 Å². The van der Waals surface area contributed by atoms with E-state index in [1.54, 1.807) is 6.07 Å². The molecule has 1 aromatic carbocycles. The summed E-state index contributed by atoms with van der Waals surface area (Å²) in [6, 6.07) is 1.71. The fourth-order valence-electron chi connectivity index (χ4n) is 4.60. The van der Waals surface area contributed by atoms with Gasteiger partial charge in [-0.25, -0.2) is 4.98 Å². The minimum absolute atomic E-state index is 0.0305. The molecule has 0 spiro atoms. The van der Waals surface area contributed by atoms with E-state index in [0.717, 1.165) is 24.0 Å². The molecule has 0 amide bonds. The Morgan fingerprint density at radius 2 is 1.79 bits per heavy atom. The van der Waals surface area contributed by atoms with E-state index in [0.29, 0.717) is 21.9 Å². The number of hydrogen-bond donors (Lipinski definition) is 0. The van der Waals surface area contributed by atoms with E-state index < -0.39 is 24.1 Å². The predicted molar refractivity (Wildman–Crippen MR) is 120 cm³/mol. The molecule has 0 saturated heterocycles. The predicted octanol–water partition coefficient (Wildman–Crippen LogP) is 7.88. The van der Waals surface area contributed by atoms with Crippen molar-refractivity contribution in [2.24, 2.45) is 5.41 Å². The van der Waals surface area contributed by atoms with Gasteiger partial charge in [-0.3, -0.25) is 0 Å². The number of rotatable bonds is 1. The van der Waals surface area contributed by atoms with E-state index in [1.165, 1.54) is 6.20 Å². The first kappa shape index (κ1) is 14.4. The Kier molecular flexibility index (Phi) is 3.09. The SMILES string of the molecule is [2H]C([2H])([2H])c1c(C([2H])([2H])C(C)(C)C)c2c(c3oc4c(Cl)nccc4c13)C(C)(C)CCC2(C)C. The molecule has 0 aliphatic heterocycles. The fourth-order valence-corrected chi connectivity index (χ4v) is 4.80. The molecule has 0 bridgehead atoms. The van der Waals surface area contributed by atoms with Crippen molar-refractivity contribution in [1.82, 2.24) is 4.98 Å². The molecule has 1 aliphatic carbocycles. The molecule has 0 atom stereocenters. The van der Waals surface area contributed by atoms with Crippen LogP contribution in [0.1, 0.15) is 90.4 Å². The van der Waals surface area contributed by atoms with E-state index in [1.807, 2.05) is 20.8 Å². The van der Waals surface area contributed by atoms with Gasteiger partial charge in [0, 0.05) is 29.4 Å². The monoisotopic (exact) mass is 402 g/mol. The first-order chi connectivity index (χ1) is 14.8. The van der Waals surface area contributed by atoms with Gasteiger partial charge in [-0.05, 0) is 65.1 Å². The third-order valence-corrected chi connectivity index (χ3v) is 6.29. The number of aromatic nitrogens is 1. The molecule has 0 unspecified atom stereocenters. The highest BCUT2D eigenvalue weighted by Crippen LogP contribution is 2.53. The van der Waals surface area contributed by atoms with Gasteiger partial charge < -0.3 is 4.42 Å². The third kappa shape index (κ3) is 2.87. The maximum absolute atomic E-state index is 9.31. The minimum Gasteiger partial charge on any atom is -0.452 e. The van der Waals surface area contributed by atoms with Gasteiger partial charge in [-0.1, -0.05) is 60.1 Å². The van der Waals surface area contributed by atoms with Crippen LogP contribution in [0, 0.1) is 12.3 Å². The molecule has 2 nitrogen and oxygen atoms in total. The zero-order valence-electron chi connectivity index (χ0n) is 22.8. The summed E-state index contributed by atoms with van der Waals surface area (Å²) in [5.41, 5.74) is 1.18. The maximum Gasteiger partial charge on any atom is 0.172 e. The van der Waals surface area contributed by atoms with Crippen molar-refractivity contribution in [3.63, 3.8) is 0 Å². The van der Waals surface area contributed by atoms with Gasteiger partial charge in [0.05, 0.1) is 0 Å². The van der Waals surface area contributed by atoms with Gasteiger partial charge >= 0.3 is 0 Å². The van der Waals surface area contributed by atoms with Gasteiger partial charge in [0.25, 0.3) is 0 Å². The molecule has 3 heteroatoms. The second-order valence-corrected chi connectivity index (χ2v) is 10.8. The Bertz CT molecular complexity index is 1280. The molecule has 150 valence electrons. The van der Waals surface area contributed by atoms with Crippen molar-refractivity contribution in [3.05, 3.63) is 39.7 Å². The van der Waals surface area contributed by atoms with Crippen molar-refractivity contribution in [1.29, 1.82) is 0 Å². The van der Waals surface area contributed by atoms with Crippen molar-refractivity contribution in [3.8, 4) is 0 Å². The number of halogens is 1. The second-order valence-electron chi connectivity index (χ2n) is 10.4. The van der Waals surface area contributed by atoms with Crippen molar-refractivity contribution in [2.75, 3.05) is 0 Å². The Labute approximate surface area is 180 Å². The van der Waals surface area contributed by atoms with E-state index in [9.17, 15) is 2.74 Å². The van der Waals surface area contributed by atoms with Crippen LogP contribution in [-0.4, -0.2) is 4.98 Å². The number of nitrogens with zero attached hydrogens (tertiary/aromatic N) is 1. The van der Waals surface area contributed by atoms with E-state index in [4.69, 9.17) is 20.1 Å². The number of furan rings is 1. The molecule has 0 saturated carbocycles. The van der Waals surface area contributed by atoms with Crippen LogP contribution in [0.25, 0.3) is 21.9 Å². The highest BCUT2D eigenvalue weighted by Gasteiger charge is 2.42. The zero-order chi connectivity index (χ0) is 24.9. The van der Waals surface area contributed by atoms with Gasteiger partial charge in [0.2, 0.25) is 0 Å². The smallest absolute Gasteiger partial charge is 0.172 e. The van der Waals surface area contributed by atoms with Gasteiger partial charge in [0.1, 0.15) is 5.58 Å². The molecule has 0 fully saturated rings. The molecule has 28 heavy (non-hydrogen) atoms. The Hall–Kier alpha value is -1.54. The summed E-state index contributed by atoms with van der Waals surface area (Å²) in [5.74, 6) is 0. The molecule has 0 radical (unpaired) electrons. The summed E-state index contributed by atoms with van der Waals surface area (Å²) in [7, 11) is 0. The van der Waals surface area contributed by atoms with Gasteiger partial charge in [0.15, 0.2) is 10.7 Å². The average molecular weight is 403 g/mol. The van der Waals surface area contributed by atoms with Crippen LogP contribution in [0.4, 0.5) is 0 Å². The Balaban J connectivity index is 2.45. The Morgan fingerprint density at radius 3 is 2.39 bits per heavy atom. The largest absolute Gasteiger partial charge is 0.452 e. The normalized spacial score (nSPS) is 22.2. The van der Waals surface area contributed by atoms with Gasteiger partial charge in [-0.2, -0.15) is 0 Å². The van der Waals surface area contributed by atoms with Crippen LogP contribution in [0.3, 0.4) is 0 Å². The lowest BCUT2D eigenvalue weighted by Crippen LogP contribution is -2.36. The summed E-state index contributed by atoms with van der Waals surface area (Å²) in [4.78, 5) is 4.14. The lowest BCUT2D eigenvalue weighted by molar-refractivity contribution is 0.323. The standard InChI is InChI=1S/C25H32ClNO/c1-14-16(13-23(2,3)4)18-19(25(7,8)11-10-24(18,5)6)21-17(14)15-9-12-27-22(26)20(15)28-21/h9,12H,10-11,13H2,1-8H3/i1D3,13D2. The van der Waals surface area contributed by atoms with Crippen molar-refractivity contribution in [2.45, 2.75) is 85.4 Å². The van der Waals surface area contributed by atoms with Crippen LogP contribution in [-0.2, 0) is 17.2 Å². The van der Waals surface area contributed by atoms with Crippen molar-refractivity contribution >= 4 is 33.5 Å². The number of fused-ring (bicyclic) bond motifs is 5. The maximum atomic E-state index is 9.31.